The van der Waals surface area contributed by atoms with Crippen LogP contribution in [0.3, 0.4) is 0 Å². The molecule has 1 N–H and O–H groups in total. The van der Waals surface area contributed by atoms with Crippen LogP contribution in [-0.2, 0) is 14.3 Å². The van der Waals surface area contributed by atoms with Gasteiger partial charge in [-0.05, 0) is 37.8 Å². The van der Waals surface area contributed by atoms with Gasteiger partial charge in [0.05, 0.1) is 24.6 Å². The molecule has 6 nitrogen and oxygen atoms in total. The third-order valence-electron chi connectivity index (χ3n) is 5.99. The third kappa shape index (κ3) is 3.81. The van der Waals surface area contributed by atoms with Crippen molar-refractivity contribution in [2.45, 2.75) is 38.5 Å². The summed E-state index contributed by atoms with van der Waals surface area (Å²) < 4.78 is 5.44. The molecule has 1 aromatic carbocycles. The Kier molecular flexibility index (Phi) is 5.34. The maximum absolute atomic E-state index is 13.1. The highest BCUT2D eigenvalue weighted by Crippen LogP contribution is 2.48. The molecule has 6 heteroatoms. The van der Waals surface area contributed by atoms with E-state index in [1.54, 1.807) is 0 Å². The Morgan fingerprint density at radius 3 is 2.26 bits per heavy atom. The van der Waals surface area contributed by atoms with Crippen LogP contribution in [0.2, 0.25) is 0 Å². The van der Waals surface area contributed by atoms with Crippen molar-refractivity contribution in [2.75, 3.05) is 49.6 Å². The molecule has 2 amide bonds. The molecule has 1 aromatic rings. The molecule has 3 fully saturated rings. The standard InChI is InChI=1S/C21H29N3O3/c25-19(21(9-10-21)20(26)24-11-5-1-2-6-12-24)22-17-7-3-4-8-18(17)23-13-15-27-16-14-23/h3-4,7-8H,1-2,5-6,9-16H2,(H,22,25). The van der Waals surface area contributed by atoms with Crippen molar-refractivity contribution in [3.63, 3.8) is 0 Å². The van der Waals surface area contributed by atoms with Crippen LogP contribution in [0, 0.1) is 5.41 Å². The first-order chi connectivity index (χ1) is 13.2. The normalized spacial score (nSPS) is 22.1. The molecule has 2 heterocycles. The summed E-state index contributed by atoms with van der Waals surface area (Å²) in [7, 11) is 0. The van der Waals surface area contributed by atoms with Gasteiger partial charge in [-0.25, -0.2) is 0 Å². The number of likely N-dealkylation sites (tertiary alicyclic amines) is 1. The second kappa shape index (κ2) is 7.89. The second-order valence-electron chi connectivity index (χ2n) is 7.86. The van der Waals surface area contributed by atoms with Gasteiger partial charge in [-0.15, -0.1) is 0 Å². The van der Waals surface area contributed by atoms with E-state index in [-0.39, 0.29) is 11.8 Å². The van der Waals surface area contributed by atoms with Gasteiger partial charge in [-0.3, -0.25) is 9.59 Å². The van der Waals surface area contributed by atoms with Gasteiger partial charge >= 0.3 is 0 Å². The fourth-order valence-electron chi connectivity index (χ4n) is 4.14. The summed E-state index contributed by atoms with van der Waals surface area (Å²) >= 11 is 0. The Morgan fingerprint density at radius 2 is 1.59 bits per heavy atom. The Balaban J connectivity index is 1.48. The molecule has 0 unspecified atom stereocenters. The molecule has 0 atom stereocenters. The van der Waals surface area contributed by atoms with Crippen molar-refractivity contribution in [3.05, 3.63) is 24.3 Å². The summed E-state index contributed by atoms with van der Waals surface area (Å²) in [6.45, 7) is 4.59. The van der Waals surface area contributed by atoms with E-state index in [4.69, 9.17) is 4.74 Å². The number of hydrogen-bond acceptors (Lipinski definition) is 4. The summed E-state index contributed by atoms with van der Waals surface area (Å²) in [5.74, 6) is -0.108. The van der Waals surface area contributed by atoms with Crippen molar-refractivity contribution in [2.24, 2.45) is 5.41 Å². The largest absolute Gasteiger partial charge is 0.378 e. The lowest BCUT2D eigenvalue weighted by Gasteiger charge is -2.31. The number of carbonyl (C=O) groups excluding carboxylic acids is 2. The van der Waals surface area contributed by atoms with Gasteiger partial charge in [-0.2, -0.15) is 0 Å². The van der Waals surface area contributed by atoms with Gasteiger partial charge < -0.3 is 19.9 Å². The number of nitrogens with one attached hydrogen (secondary N) is 1. The number of carbonyl (C=O) groups is 2. The monoisotopic (exact) mass is 371 g/mol. The van der Waals surface area contributed by atoms with Crippen LogP contribution in [0.5, 0.6) is 0 Å². The summed E-state index contributed by atoms with van der Waals surface area (Å²) in [6.07, 6.45) is 5.76. The first-order valence-corrected chi connectivity index (χ1v) is 10.2. The number of nitrogens with zero attached hydrogens (tertiary/aromatic N) is 2. The number of anilines is 2. The van der Waals surface area contributed by atoms with Crippen LogP contribution >= 0.6 is 0 Å². The van der Waals surface area contributed by atoms with E-state index in [9.17, 15) is 9.59 Å². The van der Waals surface area contributed by atoms with Gasteiger partial charge in [0, 0.05) is 26.2 Å². The Morgan fingerprint density at radius 1 is 0.926 bits per heavy atom. The highest BCUT2D eigenvalue weighted by molar-refractivity contribution is 6.13. The van der Waals surface area contributed by atoms with E-state index >= 15 is 0 Å². The fraction of sp³-hybridized carbons (Fsp3) is 0.619. The van der Waals surface area contributed by atoms with Crippen LogP contribution in [0.4, 0.5) is 11.4 Å². The summed E-state index contributed by atoms with van der Waals surface area (Å²) in [6, 6.07) is 7.86. The van der Waals surface area contributed by atoms with Gasteiger partial charge in [-0.1, -0.05) is 25.0 Å². The van der Waals surface area contributed by atoms with Gasteiger partial charge in [0.25, 0.3) is 0 Å². The predicted octanol–water partition coefficient (Wildman–Crippen LogP) is 2.64. The summed E-state index contributed by atoms with van der Waals surface area (Å²) in [5, 5.41) is 3.08. The number of para-hydroxylation sites is 2. The smallest absolute Gasteiger partial charge is 0.240 e. The van der Waals surface area contributed by atoms with E-state index < -0.39 is 5.41 Å². The minimum absolute atomic E-state index is 0.0331. The minimum Gasteiger partial charge on any atom is -0.378 e. The lowest BCUT2D eigenvalue weighted by molar-refractivity contribution is -0.142. The van der Waals surface area contributed by atoms with Crippen molar-refractivity contribution in [3.8, 4) is 0 Å². The van der Waals surface area contributed by atoms with Gasteiger partial charge in [0.2, 0.25) is 11.8 Å². The van der Waals surface area contributed by atoms with Gasteiger partial charge in [0.15, 0.2) is 0 Å². The van der Waals surface area contributed by atoms with Crippen LogP contribution in [-0.4, -0.2) is 56.1 Å². The molecule has 27 heavy (non-hydrogen) atoms. The lowest BCUT2D eigenvalue weighted by atomic mass is 10.0. The molecular formula is C21H29N3O3. The minimum atomic E-state index is -0.845. The topological polar surface area (TPSA) is 61.9 Å². The summed E-state index contributed by atoms with van der Waals surface area (Å²) in [5.41, 5.74) is 0.953. The third-order valence-corrected chi connectivity index (χ3v) is 5.99. The van der Waals surface area contributed by atoms with E-state index in [2.05, 4.69) is 10.2 Å². The van der Waals surface area contributed by atoms with Crippen LogP contribution in [0.25, 0.3) is 0 Å². The van der Waals surface area contributed by atoms with E-state index in [1.807, 2.05) is 29.2 Å². The first kappa shape index (κ1) is 18.3. The fourth-order valence-corrected chi connectivity index (χ4v) is 4.14. The van der Waals surface area contributed by atoms with E-state index in [0.29, 0.717) is 26.1 Å². The Labute approximate surface area is 160 Å². The molecule has 4 rings (SSSR count). The molecule has 3 aliphatic rings. The second-order valence-corrected chi connectivity index (χ2v) is 7.86. The average Bonchev–Trinajstić information content (AvgIpc) is 3.54. The van der Waals surface area contributed by atoms with Crippen molar-refractivity contribution < 1.29 is 14.3 Å². The Hall–Kier alpha value is -2.08. The van der Waals surface area contributed by atoms with Crippen LogP contribution in [0.1, 0.15) is 38.5 Å². The zero-order valence-electron chi connectivity index (χ0n) is 15.9. The number of amides is 2. The molecule has 0 aromatic heterocycles. The average molecular weight is 371 g/mol. The molecule has 2 saturated heterocycles. The zero-order chi connectivity index (χ0) is 18.7. The molecule has 0 spiro atoms. The molecule has 0 radical (unpaired) electrons. The summed E-state index contributed by atoms with van der Waals surface area (Å²) in [4.78, 5) is 30.3. The van der Waals surface area contributed by atoms with Crippen molar-refractivity contribution in [1.82, 2.24) is 4.90 Å². The quantitative estimate of drug-likeness (QED) is 0.827. The molecule has 1 aliphatic carbocycles. The van der Waals surface area contributed by atoms with Crippen LogP contribution in [0.15, 0.2) is 24.3 Å². The molecular weight excluding hydrogens is 342 g/mol. The number of benzene rings is 1. The number of hydrogen-bond donors (Lipinski definition) is 1. The highest BCUT2D eigenvalue weighted by Gasteiger charge is 2.58. The van der Waals surface area contributed by atoms with Crippen molar-refractivity contribution in [1.29, 1.82) is 0 Å². The molecule has 1 saturated carbocycles. The number of ether oxygens (including phenoxy) is 1. The maximum atomic E-state index is 13.1. The predicted molar refractivity (Wildman–Crippen MR) is 105 cm³/mol. The van der Waals surface area contributed by atoms with E-state index in [0.717, 1.165) is 50.4 Å². The molecule has 0 bridgehead atoms. The zero-order valence-corrected chi connectivity index (χ0v) is 15.9. The molecule has 2 aliphatic heterocycles. The number of morpholine rings is 1. The van der Waals surface area contributed by atoms with E-state index in [1.165, 1.54) is 12.8 Å². The first-order valence-electron chi connectivity index (χ1n) is 10.2. The van der Waals surface area contributed by atoms with Crippen LogP contribution < -0.4 is 10.2 Å². The maximum Gasteiger partial charge on any atom is 0.240 e. The highest BCUT2D eigenvalue weighted by atomic mass is 16.5. The van der Waals surface area contributed by atoms with Crippen molar-refractivity contribution >= 4 is 23.2 Å². The number of rotatable bonds is 4. The Bertz CT molecular complexity index is 688. The SMILES string of the molecule is O=C(Nc1ccccc1N1CCOCC1)C1(C(=O)N2CCCCCC2)CC1. The molecule has 146 valence electrons. The lowest BCUT2D eigenvalue weighted by Crippen LogP contribution is -2.43. The van der Waals surface area contributed by atoms with Gasteiger partial charge in [0.1, 0.15) is 5.41 Å².